The van der Waals surface area contributed by atoms with Crippen LogP contribution in [-0.2, 0) is 9.53 Å². The number of halogens is 2. The van der Waals surface area contributed by atoms with Crippen molar-refractivity contribution in [3.8, 4) is 5.75 Å². The van der Waals surface area contributed by atoms with E-state index in [1.807, 2.05) is 6.92 Å². The molecule has 0 spiro atoms. The number of carbonyl (C=O) groups is 1. The Morgan fingerprint density at radius 2 is 2.00 bits per heavy atom. The van der Waals surface area contributed by atoms with Crippen molar-refractivity contribution in [3.05, 3.63) is 29.3 Å². The Bertz CT molecular complexity index is 367. The first kappa shape index (κ1) is 15.3. The summed E-state index contributed by atoms with van der Waals surface area (Å²) in [5, 5.41) is 0.670. The molecule has 0 heterocycles. The molecule has 0 saturated heterocycles. The number of benzene rings is 1. The smallest absolute Gasteiger partial charge is 0.319 e. The Kier molecular flexibility index (Phi) is 7.13. The van der Waals surface area contributed by atoms with E-state index in [2.05, 4.69) is 15.9 Å². The number of carbonyl (C=O) groups excluding carboxylic acids is 1. The van der Waals surface area contributed by atoms with Gasteiger partial charge in [0.05, 0.1) is 13.2 Å². The van der Waals surface area contributed by atoms with E-state index < -0.39 is 0 Å². The molecule has 0 amide bonds. The summed E-state index contributed by atoms with van der Waals surface area (Å²) < 4.78 is 10.5. The van der Waals surface area contributed by atoms with Crippen molar-refractivity contribution in [2.45, 2.75) is 24.6 Å². The lowest BCUT2D eigenvalue weighted by Crippen LogP contribution is -2.20. The van der Waals surface area contributed by atoms with Crippen LogP contribution in [0.3, 0.4) is 0 Å². The van der Waals surface area contributed by atoms with Crippen LogP contribution < -0.4 is 4.74 Å². The molecule has 0 N–H and O–H groups in total. The fourth-order valence-corrected chi connectivity index (χ4v) is 1.67. The van der Waals surface area contributed by atoms with Crippen LogP contribution in [0.5, 0.6) is 5.75 Å². The minimum Gasteiger partial charge on any atom is -0.494 e. The average molecular weight is 336 g/mol. The number of rotatable bonds is 7. The van der Waals surface area contributed by atoms with Gasteiger partial charge >= 0.3 is 5.97 Å². The van der Waals surface area contributed by atoms with Gasteiger partial charge in [0.25, 0.3) is 0 Å². The molecule has 1 aromatic carbocycles. The third-order valence-electron chi connectivity index (χ3n) is 2.16. The van der Waals surface area contributed by atoms with Gasteiger partial charge in [0.1, 0.15) is 10.6 Å². The highest BCUT2D eigenvalue weighted by Gasteiger charge is 2.15. The lowest BCUT2D eigenvalue weighted by molar-refractivity contribution is -0.143. The van der Waals surface area contributed by atoms with Crippen LogP contribution in [0.4, 0.5) is 0 Å². The zero-order valence-corrected chi connectivity index (χ0v) is 12.5. The maximum atomic E-state index is 11.4. The second kappa shape index (κ2) is 8.38. The second-order valence-corrected chi connectivity index (χ2v) is 5.27. The number of hydrogen-bond donors (Lipinski definition) is 0. The van der Waals surface area contributed by atoms with Gasteiger partial charge < -0.3 is 9.47 Å². The van der Waals surface area contributed by atoms with Crippen LogP contribution in [0.2, 0.25) is 5.02 Å². The van der Waals surface area contributed by atoms with Gasteiger partial charge in [-0.05, 0) is 30.7 Å². The first-order chi connectivity index (χ1) is 8.63. The molecule has 0 aliphatic carbocycles. The number of ether oxygens (including phenoxy) is 2. The highest BCUT2D eigenvalue weighted by Crippen LogP contribution is 2.16. The van der Waals surface area contributed by atoms with Crippen molar-refractivity contribution in [3.63, 3.8) is 0 Å². The summed E-state index contributed by atoms with van der Waals surface area (Å²) in [5.41, 5.74) is 0. The van der Waals surface area contributed by atoms with E-state index in [0.29, 0.717) is 24.7 Å². The Balaban J connectivity index is 2.24. The monoisotopic (exact) mass is 334 g/mol. The molecule has 0 aliphatic rings. The Morgan fingerprint density at radius 3 is 2.61 bits per heavy atom. The van der Waals surface area contributed by atoms with E-state index in [-0.39, 0.29) is 10.8 Å². The molecule has 0 saturated carbocycles. The second-order valence-electron chi connectivity index (χ2n) is 3.73. The van der Waals surface area contributed by atoms with Crippen LogP contribution in [0, 0.1) is 0 Å². The summed E-state index contributed by atoms with van der Waals surface area (Å²) in [6.07, 6.45) is 1.39. The van der Waals surface area contributed by atoms with Crippen molar-refractivity contribution in [1.29, 1.82) is 0 Å². The summed E-state index contributed by atoms with van der Waals surface area (Å²) in [4.78, 5) is 11.1. The largest absolute Gasteiger partial charge is 0.494 e. The van der Waals surface area contributed by atoms with Gasteiger partial charge in [0, 0.05) is 11.4 Å². The van der Waals surface area contributed by atoms with Crippen molar-refractivity contribution < 1.29 is 14.3 Å². The predicted octanol–water partition coefficient (Wildman–Crippen LogP) is 3.83. The first-order valence-corrected chi connectivity index (χ1v) is 7.12. The van der Waals surface area contributed by atoms with Crippen LogP contribution in [-0.4, -0.2) is 24.0 Å². The van der Waals surface area contributed by atoms with E-state index in [1.54, 1.807) is 24.3 Å². The molecule has 0 aromatic heterocycles. The Morgan fingerprint density at radius 1 is 1.33 bits per heavy atom. The van der Waals surface area contributed by atoms with Crippen molar-refractivity contribution in [2.75, 3.05) is 13.2 Å². The molecule has 0 bridgehead atoms. The summed E-state index contributed by atoms with van der Waals surface area (Å²) in [5.74, 6) is 0.498. The fourth-order valence-electron chi connectivity index (χ4n) is 1.22. The highest BCUT2D eigenvalue weighted by molar-refractivity contribution is 9.10. The lowest BCUT2D eigenvalue weighted by Gasteiger charge is -2.10. The lowest BCUT2D eigenvalue weighted by atomic mass is 10.3. The minimum absolute atomic E-state index is 0.239. The van der Waals surface area contributed by atoms with E-state index in [4.69, 9.17) is 21.1 Å². The SMILES string of the molecule is CCCOC(=O)C(Br)CCOc1ccc(Cl)cc1. The molecule has 1 unspecified atom stereocenters. The van der Waals surface area contributed by atoms with Crippen molar-refractivity contribution in [2.24, 2.45) is 0 Å². The van der Waals surface area contributed by atoms with Crippen LogP contribution in [0.25, 0.3) is 0 Å². The molecule has 18 heavy (non-hydrogen) atoms. The van der Waals surface area contributed by atoms with Crippen molar-refractivity contribution in [1.82, 2.24) is 0 Å². The molecule has 1 rings (SSSR count). The van der Waals surface area contributed by atoms with Crippen LogP contribution in [0.15, 0.2) is 24.3 Å². The molecular formula is C13H16BrClO3. The highest BCUT2D eigenvalue weighted by atomic mass is 79.9. The van der Waals surface area contributed by atoms with E-state index in [0.717, 1.165) is 12.2 Å². The van der Waals surface area contributed by atoms with Gasteiger partial charge in [0.2, 0.25) is 0 Å². The zero-order chi connectivity index (χ0) is 13.4. The zero-order valence-electron chi connectivity index (χ0n) is 10.2. The molecule has 1 atom stereocenters. The minimum atomic E-state index is -0.323. The molecule has 1 aromatic rings. The van der Waals surface area contributed by atoms with Gasteiger partial charge in [-0.15, -0.1) is 0 Å². The number of esters is 1. The van der Waals surface area contributed by atoms with Crippen LogP contribution >= 0.6 is 27.5 Å². The molecule has 0 fully saturated rings. The topological polar surface area (TPSA) is 35.5 Å². The Labute approximate surface area is 121 Å². The molecular weight excluding hydrogens is 319 g/mol. The van der Waals surface area contributed by atoms with Gasteiger partial charge in [-0.2, -0.15) is 0 Å². The standard InChI is InChI=1S/C13H16BrClO3/c1-2-8-18-13(16)12(14)7-9-17-11-5-3-10(15)4-6-11/h3-6,12H,2,7-9H2,1H3. The quantitative estimate of drug-likeness (QED) is 0.561. The average Bonchev–Trinajstić information content (AvgIpc) is 2.38. The van der Waals surface area contributed by atoms with Crippen molar-refractivity contribution >= 4 is 33.5 Å². The van der Waals surface area contributed by atoms with E-state index in [9.17, 15) is 4.79 Å². The summed E-state index contributed by atoms with van der Waals surface area (Å²) in [7, 11) is 0. The summed E-state index contributed by atoms with van der Waals surface area (Å²) >= 11 is 9.04. The third-order valence-corrected chi connectivity index (χ3v) is 3.24. The summed E-state index contributed by atoms with van der Waals surface area (Å²) in [6.45, 7) is 2.86. The van der Waals surface area contributed by atoms with Gasteiger partial charge in [-0.25, -0.2) is 0 Å². The fraction of sp³-hybridized carbons (Fsp3) is 0.462. The van der Waals surface area contributed by atoms with Gasteiger partial charge in [0.15, 0.2) is 0 Å². The predicted molar refractivity (Wildman–Crippen MR) is 75.5 cm³/mol. The first-order valence-electron chi connectivity index (χ1n) is 5.82. The van der Waals surface area contributed by atoms with Gasteiger partial charge in [-0.1, -0.05) is 34.5 Å². The number of alkyl halides is 1. The maximum absolute atomic E-state index is 11.4. The molecule has 5 heteroatoms. The normalized spacial score (nSPS) is 11.9. The molecule has 0 radical (unpaired) electrons. The van der Waals surface area contributed by atoms with E-state index >= 15 is 0 Å². The summed E-state index contributed by atoms with van der Waals surface area (Å²) in [6, 6.07) is 7.11. The van der Waals surface area contributed by atoms with E-state index in [1.165, 1.54) is 0 Å². The third kappa shape index (κ3) is 5.74. The van der Waals surface area contributed by atoms with Crippen LogP contribution in [0.1, 0.15) is 19.8 Å². The maximum Gasteiger partial charge on any atom is 0.319 e. The van der Waals surface area contributed by atoms with Gasteiger partial charge in [-0.3, -0.25) is 4.79 Å². The molecule has 3 nitrogen and oxygen atoms in total. The Hall–Kier alpha value is -0.740. The molecule has 0 aliphatic heterocycles. The molecule has 100 valence electrons. The number of hydrogen-bond acceptors (Lipinski definition) is 3.